The second-order valence-electron chi connectivity index (χ2n) is 8.82. The summed E-state index contributed by atoms with van der Waals surface area (Å²) >= 11 is 0. The first-order valence-corrected chi connectivity index (χ1v) is 11.6. The lowest BCUT2D eigenvalue weighted by Gasteiger charge is -2.32. The number of rotatable bonds is 7. The van der Waals surface area contributed by atoms with Gasteiger partial charge in [-0.2, -0.15) is 0 Å². The zero-order valence-corrected chi connectivity index (χ0v) is 19.8. The van der Waals surface area contributed by atoms with Gasteiger partial charge in [0.25, 0.3) is 5.91 Å². The van der Waals surface area contributed by atoms with Gasteiger partial charge in [-0.25, -0.2) is 0 Å². The number of aromatic nitrogens is 1. The molecule has 6 heteroatoms. The number of carbonyl (C=O) groups excluding carboxylic acids is 1. The number of carbonyl (C=O) groups is 1. The van der Waals surface area contributed by atoms with Gasteiger partial charge in [-0.1, -0.05) is 18.1 Å². The van der Waals surface area contributed by atoms with E-state index in [1.807, 2.05) is 6.92 Å². The van der Waals surface area contributed by atoms with Crippen LogP contribution in [0.15, 0.2) is 24.4 Å². The number of hydrogen-bond donors (Lipinski definition) is 1. The Kier molecular flexibility index (Phi) is 7.10. The molecule has 2 aromatic rings. The van der Waals surface area contributed by atoms with Crippen molar-refractivity contribution in [3.8, 4) is 23.8 Å². The summed E-state index contributed by atoms with van der Waals surface area (Å²) in [4.78, 5) is 15.4. The Morgan fingerprint density at radius 1 is 1.21 bits per heavy atom. The Balaban J connectivity index is 1.36. The van der Waals surface area contributed by atoms with Crippen LogP contribution in [-0.2, 0) is 19.5 Å². The van der Waals surface area contributed by atoms with Gasteiger partial charge in [0, 0.05) is 48.7 Å². The summed E-state index contributed by atoms with van der Waals surface area (Å²) in [5.41, 5.74) is 5.49. The number of ether oxygens (including phenoxy) is 2. The summed E-state index contributed by atoms with van der Waals surface area (Å²) in [5, 5.41) is 3.20. The van der Waals surface area contributed by atoms with Crippen LogP contribution in [0.25, 0.3) is 6.08 Å². The van der Waals surface area contributed by atoms with Crippen LogP contribution in [0.5, 0.6) is 11.5 Å². The molecule has 2 heterocycles. The maximum atomic E-state index is 12.9. The Morgan fingerprint density at radius 2 is 1.91 bits per heavy atom. The third-order valence-corrected chi connectivity index (χ3v) is 6.74. The first-order chi connectivity index (χ1) is 16.0. The van der Waals surface area contributed by atoms with Gasteiger partial charge in [-0.3, -0.25) is 9.69 Å². The topological polar surface area (TPSA) is 55.7 Å². The number of allylic oxidation sites excluding steroid dienone is 1. The average molecular weight is 448 g/mol. The monoisotopic (exact) mass is 447 g/mol. The lowest BCUT2D eigenvalue weighted by Crippen LogP contribution is -2.44. The molecule has 0 bridgehead atoms. The number of hydrogen-bond acceptors (Lipinski definition) is 4. The number of benzene rings is 1. The molecule has 4 rings (SSSR count). The van der Waals surface area contributed by atoms with E-state index in [1.54, 1.807) is 26.4 Å². The molecule has 1 aliphatic heterocycles. The van der Waals surface area contributed by atoms with Gasteiger partial charge in [0.05, 0.1) is 20.8 Å². The molecule has 0 radical (unpaired) electrons. The van der Waals surface area contributed by atoms with Gasteiger partial charge in [0.15, 0.2) is 0 Å². The van der Waals surface area contributed by atoms with Gasteiger partial charge >= 0.3 is 0 Å². The Labute approximate surface area is 196 Å². The average Bonchev–Trinajstić information content (AvgIpc) is 3.18. The number of fused-ring (bicyclic) bond motifs is 1. The molecule has 0 spiro atoms. The van der Waals surface area contributed by atoms with Crippen LogP contribution in [0, 0.1) is 19.3 Å². The summed E-state index contributed by atoms with van der Waals surface area (Å²) in [6, 6.07) is 3.71. The zero-order valence-electron chi connectivity index (χ0n) is 19.8. The van der Waals surface area contributed by atoms with Crippen LogP contribution in [0.2, 0.25) is 0 Å². The Bertz CT molecular complexity index is 1060. The lowest BCUT2D eigenvalue weighted by atomic mass is 10.00. The van der Waals surface area contributed by atoms with Gasteiger partial charge in [0.2, 0.25) is 0 Å². The molecule has 1 fully saturated rings. The van der Waals surface area contributed by atoms with Crippen molar-refractivity contribution in [2.45, 2.75) is 51.7 Å². The van der Waals surface area contributed by atoms with Crippen LogP contribution in [-0.4, -0.2) is 48.7 Å². The minimum absolute atomic E-state index is 0.0874. The third-order valence-electron chi connectivity index (χ3n) is 6.74. The van der Waals surface area contributed by atoms with Gasteiger partial charge < -0.3 is 19.4 Å². The van der Waals surface area contributed by atoms with Crippen LogP contribution in [0.1, 0.15) is 52.0 Å². The largest absolute Gasteiger partial charge is 0.496 e. The van der Waals surface area contributed by atoms with E-state index in [9.17, 15) is 4.79 Å². The molecule has 1 aliphatic carbocycles. The van der Waals surface area contributed by atoms with Crippen LogP contribution in [0.3, 0.4) is 0 Å². The molecule has 174 valence electrons. The third kappa shape index (κ3) is 4.94. The fourth-order valence-corrected chi connectivity index (χ4v) is 4.91. The zero-order chi connectivity index (χ0) is 23.4. The molecule has 1 aromatic carbocycles. The standard InChI is InChI=1S/C27H33N3O3/c1-5-12-30-18-21(23-8-6-7-9-24(23)30)17-29-13-10-22(11-14-29)28-27(31)20-15-25(32-3)19(2)26(16-20)33-4/h1,6,8,15-16,18,22H,7,9-14,17H2,2-4H3,(H,28,31). The quantitative estimate of drug-likeness (QED) is 0.656. The molecular formula is C27H33N3O3. The summed E-state index contributed by atoms with van der Waals surface area (Å²) in [5.74, 6) is 4.00. The smallest absolute Gasteiger partial charge is 0.251 e. The van der Waals surface area contributed by atoms with Crippen molar-refractivity contribution in [1.82, 2.24) is 14.8 Å². The molecule has 0 saturated carbocycles. The van der Waals surface area contributed by atoms with E-state index in [-0.39, 0.29) is 11.9 Å². The number of methoxy groups -OCH3 is 2. The van der Waals surface area contributed by atoms with Crippen molar-refractivity contribution in [3.05, 3.63) is 52.4 Å². The summed E-state index contributed by atoms with van der Waals surface area (Å²) in [6.45, 7) is 5.35. The molecule has 0 atom stereocenters. The van der Waals surface area contributed by atoms with Crippen LogP contribution < -0.4 is 14.8 Å². The fourth-order valence-electron chi connectivity index (χ4n) is 4.91. The number of piperidine rings is 1. The van der Waals surface area contributed by atoms with Gasteiger partial charge in [-0.05, 0) is 55.9 Å². The summed E-state index contributed by atoms with van der Waals surface area (Å²) in [6.07, 6.45) is 16.3. The van der Waals surface area contributed by atoms with Crippen LogP contribution in [0.4, 0.5) is 0 Å². The van der Waals surface area contributed by atoms with Crippen molar-refractivity contribution in [3.63, 3.8) is 0 Å². The highest BCUT2D eigenvalue weighted by Crippen LogP contribution is 2.30. The molecular weight excluding hydrogens is 414 g/mol. The molecule has 6 nitrogen and oxygen atoms in total. The number of nitrogens with one attached hydrogen (secondary N) is 1. The molecule has 1 N–H and O–H groups in total. The van der Waals surface area contributed by atoms with Gasteiger partial charge in [0.1, 0.15) is 11.5 Å². The molecule has 1 aromatic heterocycles. The van der Waals surface area contributed by atoms with E-state index in [4.69, 9.17) is 15.9 Å². The number of nitrogens with zero attached hydrogens (tertiary/aromatic N) is 2. The second kappa shape index (κ2) is 10.2. The van der Waals surface area contributed by atoms with E-state index in [2.05, 4.69) is 39.1 Å². The number of terminal acetylenes is 1. The highest BCUT2D eigenvalue weighted by molar-refractivity contribution is 5.95. The maximum absolute atomic E-state index is 12.9. The first kappa shape index (κ1) is 23.0. The first-order valence-electron chi connectivity index (χ1n) is 11.6. The normalized spacial score (nSPS) is 16.2. The van der Waals surface area contributed by atoms with Crippen molar-refractivity contribution in [2.75, 3.05) is 27.3 Å². The molecule has 33 heavy (non-hydrogen) atoms. The van der Waals surface area contributed by atoms with Gasteiger partial charge in [-0.15, -0.1) is 6.42 Å². The minimum atomic E-state index is -0.0874. The number of likely N-dealkylation sites (tertiary alicyclic amines) is 1. The van der Waals surface area contributed by atoms with Crippen LogP contribution >= 0.6 is 0 Å². The van der Waals surface area contributed by atoms with E-state index >= 15 is 0 Å². The van der Waals surface area contributed by atoms with E-state index in [0.29, 0.717) is 23.6 Å². The van der Waals surface area contributed by atoms with Crippen molar-refractivity contribution < 1.29 is 14.3 Å². The maximum Gasteiger partial charge on any atom is 0.251 e. The minimum Gasteiger partial charge on any atom is -0.496 e. The SMILES string of the molecule is C#CCn1cc(CN2CCC(NC(=O)c3cc(OC)c(C)c(OC)c3)CC2)c2c1CCC=C2. The second-order valence-corrected chi connectivity index (χ2v) is 8.82. The van der Waals surface area contributed by atoms with E-state index in [0.717, 1.165) is 50.9 Å². The fraction of sp³-hybridized carbons (Fsp3) is 0.444. The molecule has 1 saturated heterocycles. The molecule has 2 aliphatic rings. The van der Waals surface area contributed by atoms with Crippen molar-refractivity contribution in [2.24, 2.45) is 0 Å². The van der Waals surface area contributed by atoms with E-state index < -0.39 is 0 Å². The van der Waals surface area contributed by atoms with Crippen molar-refractivity contribution >= 4 is 12.0 Å². The Morgan fingerprint density at radius 3 is 2.55 bits per heavy atom. The lowest BCUT2D eigenvalue weighted by molar-refractivity contribution is 0.0908. The van der Waals surface area contributed by atoms with E-state index in [1.165, 1.54) is 16.8 Å². The molecule has 0 unspecified atom stereocenters. The predicted octanol–water partition coefficient (Wildman–Crippen LogP) is 3.80. The highest BCUT2D eigenvalue weighted by atomic mass is 16.5. The summed E-state index contributed by atoms with van der Waals surface area (Å²) in [7, 11) is 3.21. The predicted molar refractivity (Wildman–Crippen MR) is 131 cm³/mol. The van der Waals surface area contributed by atoms with Crippen molar-refractivity contribution in [1.29, 1.82) is 0 Å². The Hall–Kier alpha value is -3.17. The number of amides is 1. The summed E-state index contributed by atoms with van der Waals surface area (Å²) < 4.78 is 13.1. The highest BCUT2D eigenvalue weighted by Gasteiger charge is 2.24. The molecule has 1 amide bonds.